The van der Waals surface area contributed by atoms with Crippen molar-refractivity contribution >= 4 is 17.9 Å². The third-order valence-corrected chi connectivity index (χ3v) is 12.2. The highest BCUT2D eigenvalue weighted by molar-refractivity contribution is 5.71. The van der Waals surface area contributed by atoms with E-state index in [1.807, 2.05) is 0 Å². The van der Waals surface area contributed by atoms with E-state index in [-0.39, 0.29) is 37.5 Å². The van der Waals surface area contributed by atoms with E-state index in [0.717, 1.165) is 64.2 Å². The molecule has 0 aliphatic heterocycles. The highest BCUT2D eigenvalue weighted by Crippen LogP contribution is 2.15. The highest BCUT2D eigenvalue weighted by Gasteiger charge is 2.19. The average molecular weight is 924 g/mol. The number of esters is 3. The summed E-state index contributed by atoms with van der Waals surface area (Å²) in [6, 6.07) is 0. The Labute approximate surface area is 409 Å². The summed E-state index contributed by atoms with van der Waals surface area (Å²) in [6.45, 7) is 6.58. The summed E-state index contributed by atoms with van der Waals surface area (Å²) in [5.41, 5.74) is 0. The van der Waals surface area contributed by atoms with E-state index in [1.165, 1.54) is 173 Å². The van der Waals surface area contributed by atoms with E-state index < -0.39 is 6.10 Å². The predicted molar refractivity (Wildman–Crippen MR) is 284 cm³/mol. The molecule has 0 saturated carbocycles. The van der Waals surface area contributed by atoms with E-state index in [9.17, 15) is 14.4 Å². The second kappa shape index (κ2) is 54.7. The van der Waals surface area contributed by atoms with Crippen molar-refractivity contribution in [3.63, 3.8) is 0 Å². The molecule has 0 N–H and O–H groups in total. The maximum absolute atomic E-state index is 12.8. The summed E-state index contributed by atoms with van der Waals surface area (Å²) in [5, 5.41) is 0. The summed E-state index contributed by atoms with van der Waals surface area (Å²) in [4.78, 5) is 38.1. The van der Waals surface area contributed by atoms with Crippen molar-refractivity contribution in [2.24, 2.45) is 0 Å². The van der Waals surface area contributed by atoms with Crippen LogP contribution >= 0.6 is 0 Å². The normalized spacial score (nSPS) is 12.5. The van der Waals surface area contributed by atoms with E-state index in [0.29, 0.717) is 19.3 Å². The van der Waals surface area contributed by atoms with Crippen LogP contribution in [0.1, 0.15) is 284 Å². The lowest BCUT2D eigenvalue weighted by molar-refractivity contribution is -0.167. The molecule has 1 atom stereocenters. The molecule has 0 spiro atoms. The maximum Gasteiger partial charge on any atom is 0.306 e. The van der Waals surface area contributed by atoms with Gasteiger partial charge in [-0.3, -0.25) is 14.4 Å². The molecule has 0 aromatic heterocycles. The Morgan fingerprint density at radius 1 is 0.303 bits per heavy atom. The maximum atomic E-state index is 12.8. The van der Waals surface area contributed by atoms with Gasteiger partial charge in [0.15, 0.2) is 6.10 Å². The van der Waals surface area contributed by atoms with Gasteiger partial charge >= 0.3 is 17.9 Å². The Morgan fingerprint density at radius 2 is 0.561 bits per heavy atom. The Morgan fingerprint density at radius 3 is 0.955 bits per heavy atom. The molecule has 0 heterocycles. The van der Waals surface area contributed by atoms with Crippen molar-refractivity contribution in [1.29, 1.82) is 0 Å². The van der Waals surface area contributed by atoms with Crippen molar-refractivity contribution in [2.75, 3.05) is 13.2 Å². The number of allylic oxidation sites excluding steroid dienone is 10. The van der Waals surface area contributed by atoms with Gasteiger partial charge in [-0.1, -0.05) is 242 Å². The number of hydrogen-bond acceptors (Lipinski definition) is 6. The Hall–Kier alpha value is -2.89. The summed E-state index contributed by atoms with van der Waals surface area (Å²) in [5.74, 6) is -0.943. The number of ether oxygens (including phenoxy) is 3. The van der Waals surface area contributed by atoms with Crippen LogP contribution in [-0.4, -0.2) is 37.2 Å². The van der Waals surface area contributed by atoms with Gasteiger partial charge in [0.1, 0.15) is 13.2 Å². The second-order valence-corrected chi connectivity index (χ2v) is 18.8. The average Bonchev–Trinajstić information content (AvgIpc) is 3.31. The van der Waals surface area contributed by atoms with E-state index in [1.54, 1.807) is 0 Å². The Bertz CT molecular complexity index is 1200. The monoisotopic (exact) mass is 923 g/mol. The topological polar surface area (TPSA) is 78.9 Å². The first kappa shape index (κ1) is 63.1. The predicted octanol–water partition coefficient (Wildman–Crippen LogP) is 18.8. The van der Waals surface area contributed by atoms with Crippen molar-refractivity contribution in [3.8, 4) is 0 Å². The second-order valence-electron chi connectivity index (χ2n) is 18.8. The summed E-state index contributed by atoms with van der Waals surface area (Å²) in [7, 11) is 0. The van der Waals surface area contributed by atoms with Gasteiger partial charge in [-0.25, -0.2) is 0 Å². The van der Waals surface area contributed by atoms with Crippen LogP contribution < -0.4 is 0 Å². The molecule has 0 rings (SSSR count). The molecule has 0 amide bonds. The summed E-state index contributed by atoms with van der Waals surface area (Å²) < 4.78 is 16.8. The molecule has 0 radical (unpaired) electrons. The zero-order valence-corrected chi connectivity index (χ0v) is 43.7. The molecule has 0 aromatic carbocycles. The summed E-state index contributed by atoms with van der Waals surface area (Å²) in [6.07, 6.45) is 67.8. The van der Waals surface area contributed by atoms with Crippen molar-refractivity contribution < 1.29 is 28.6 Å². The van der Waals surface area contributed by atoms with Gasteiger partial charge < -0.3 is 14.2 Å². The zero-order valence-electron chi connectivity index (χ0n) is 43.7. The van der Waals surface area contributed by atoms with Crippen molar-refractivity contribution in [2.45, 2.75) is 290 Å². The Kier molecular flexibility index (Phi) is 52.3. The largest absolute Gasteiger partial charge is 0.462 e. The number of rotatable bonds is 51. The van der Waals surface area contributed by atoms with Gasteiger partial charge in [-0.15, -0.1) is 0 Å². The van der Waals surface area contributed by atoms with E-state index >= 15 is 0 Å². The molecule has 0 aliphatic rings. The van der Waals surface area contributed by atoms with E-state index in [2.05, 4.69) is 81.5 Å². The molecule has 66 heavy (non-hydrogen) atoms. The molecule has 0 saturated heterocycles. The SMILES string of the molecule is CCCCC/C=C\C/C=C\C/C=C\C/C=C\CCCC(=O)OCC(COC(=O)CCCCCCCCCCCCCCCC)OC(=O)CCCCCCCCC/C=C\CCCCCCCC. The van der Waals surface area contributed by atoms with Crippen LogP contribution in [-0.2, 0) is 28.6 Å². The quantitative estimate of drug-likeness (QED) is 0.0262. The van der Waals surface area contributed by atoms with Crippen LogP contribution in [0.4, 0.5) is 0 Å². The van der Waals surface area contributed by atoms with Crippen molar-refractivity contribution in [1.82, 2.24) is 0 Å². The van der Waals surface area contributed by atoms with E-state index in [4.69, 9.17) is 14.2 Å². The molecule has 0 aliphatic carbocycles. The molecule has 0 fully saturated rings. The van der Waals surface area contributed by atoms with Gasteiger partial charge in [-0.05, 0) is 83.5 Å². The lowest BCUT2D eigenvalue weighted by Crippen LogP contribution is -2.30. The first-order valence-electron chi connectivity index (χ1n) is 28.3. The molecule has 382 valence electrons. The minimum atomic E-state index is -0.796. The third kappa shape index (κ3) is 52.1. The third-order valence-electron chi connectivity index (χ3n) is 12.2. The molecular weight excluding hydrogens is 817 g/mol. The van der Waals surface area contributed by atoms with Crippen LogP contribution in [0.15, 0.2) is 60.8 Å². The minimum absolute atomic E-state index is 0.0904. The minimum Gasteiger partial charge on any atom is -0.462 e. The number of hydrogen-bond donors (Lipinski definition) is 0. The first-order valence-corrected chi connectivity index (χ1v) is 28.3. The van der Waals surface area contributed by atoms with Gasteiger partial charge in [0.2, 0.25) is 0 Å². The Balaban J connectivity index is 4.45. The molecular formula is C60H106O6. The lowest BCUT2D eigenvalue weighted by Gasteiger charge is -2.18. The summed E-state index contributed by atoms with van der Waals surface area (Å²) >= 11 is 0. The molecule has 1 unspecified atom stereocenters. The fourth-order valence-electron chi connectivity index (χ4n) is 7.96. The van der Waals surface area contributed by atoms with Gasteiger partial charge in [0, 0.05) is 19.3 Å². The highest BCUT2D eigenvalue weighted by atomic mass is 16.6. The lowest BCUT2D eigenvalue weighted by atomic mass is 10.0. The smallest absolute Gasteiger partial charge is 0.306 e. The van der Waals surface area contributed by atoms with Crippen LogP contribution in [0, 0.1) is 0 Å². The van der Waals surface area contributed by atoms with Gasteiger partial charge in [-0.2, -0.15) is 0 Å². The van der Waals surface area contributed by atoms with Crippen LogP contribution in [0.5, 0.6) is 0 Å². The fourth-order valence-corrected chi connectivity index (χ4v) is 7.96. The van der Waals surface area contributed by atoms with Crippen LogP contribution in [0.2, 0.25) is 0 Å². The number of unbranched alkanes of at least 4 members (excludes halogenated alkanes) is 30. The standard InChI is InChI=1S/C60H106O6/c1-4-7-10-13-16-19-22-25-28-30-32-35-38-41-44-47-50-53-59(62)65-56-57(55-64-58(61)52-49-46-43-40-37-34-27-24-21-18-15-12-9-6-3)66-60(63)54-51-48-45-42-39-36-33-31-29-26-23-20-17-14-11-8-5-2/h16,19,25-26,28-29,32,35,41,44,57H,4-15,17-18,20-24,27,30-31,33-34,36-40,42-43,45-56H2,1-3H3/b19-16-,28-25-,29-26-,35-32-,44-41-. The first-order chi connectivity index (χ1) is 32.5. The van der Waals surface area contributed by atoms with Gasteiger partial charge in [0.05, 0.1) is 0 Å². The fraction of sp³-hybridized carbons (Fsp3) is 0.783. The molecule has 6 nitrogen and oxygen atoms in total. The van der Waals surface area contributed by atoms with Crippen LogP contribution in [0.25, 0.3) is 0 Å². The zero-order chi connectivity index (χ0) is 47.9. The molecule has 0 bridgehead atoms. The van der Waals surface area contributed by atoms with Crippen molar-refractivity contribution in [3.05, 3.63) is 60.8 Å². The van der Waals surface area contributed by atoms with Gasteiger partial charge in [0.25, 0.3) is 0 Å². The number of carbonyl (C=O) groups excluding carboxylic acids is 3. The molecule has 0 aromatic rings. The molecule has 6 heteroatoms. The van der Waals surface area contributed by atoms with Crippen LogP contribution in [0.3, 0.4) is 0 Å². The number of carbonyl (C=O) groups is 3.